The molecule has 4 N–H and O–H groups in total. The van der Waals surface area contributed by atoms with Gasteiger partial charge in [0.2, 0.25) is 17.7 Å². The van der Waals surface area contributed by atoms with Crippen molar-refractivity contribution in [1.29, 1.82) is 0 Å². The van der Waals surface area contributed by atoms with Gasteiger partial charge in [0.1, 0.15) is 23.9 Å². The van der Waals surface area contributed by atoms with E-state index in [4.69, 9.17) is 0 Å². The minimum absolute atomic E-state index is 0.0554. The number of phenolic OH excluding ortho intramolecular Hbond substituents is 1. The number of nitrogens with zero attached hydrogens (tertiary/aromatic N) is 2. The first-order valence-electron chi connectivity index (χ1n) is 14.2. The summed E-state index contributed by atoms with van der Waals surface area (Å²) >= 11 is 0. The van der Waals surface area contributed by atoms with Crippen molar-refractivity contribution in [1.82, 2.24) is 20.4 Å². The fourth-order valence-electron chi connectivity index (χ4n) is 6.75. The van der Waals surface area contributed by atoms with E-state index in [0.717, 1.165) is 40.9 Å². The molecule has 5 atom stereocenters. The van der Waals surface area contributed by atoms with Crippen molar-refractivity contribution in [3.05, 3.63) is 64.7 Å². The summed E-state index contributed by atoms with van der Waals surface area (Å²) in [5.41, 5.74) is 3.23. The number of amides is 4. The van der Waals surface area contributed by atoms with Gasteiger partial charge in [-0.2, -0.15) is 0 Å². The summed E-state index contributed by atoms with van der Waals surface area (Å²) in [6.45, 7) is 5.39. The number of carbonyl (C=O) groups is 4. The Hall–Kier alpha value is -4.08. The largest absolute Gasteiger partial charge is 0.508 e. The Balaban J connectivity index is 1.49. The van der Waals surface area contributed by atoms with Gasteiger partial charge in [-0.15, -0.1) is 0 Å². The zero-order valence-corrected chi connectivity index (χ0v) is 23.9. The number of aromatic hydroxyl groups is 1. The van der Waals surface area contributed by atoms with Crippen molar-refractivity contribution in [2.75, 3.05) is 7.05 Å². The van der Waals surface area contributed by atoms with Crippen molar-refractivity contribution < 1.29 is 29.4 Å². The van der Waals surface area contributed by atoms with Crippen molar-refractivity contribution in [2.45, 2.75) is 83.1 Å². The molecular weight excluding hydrogens is 524 g/mol. The van der Waals surface area contributed by atoms with Gasteiger partial charge in [-0.3, -0.25) is 19.3 Å². The number of phenols is 1. The number of aryl methyl sites for hydroxylation is 1. The molecule has 4 amide bonds. The normalized spacial score (nSPS) is 25.2. The molecule has 0 saturated carbocycles. The fourth-order valence-corrected chi connectivity index (χ4v) is 6.75. The Bertz CT molecular complexity index is 1390. The molecule has 5 rings (SSSR count). The van der Waals surface area contributed by atoms with Gasteiger partial charge in [0.25, 0.3) is 0 Å². The van der Waals surface area contributed by atoms with Crippen LogP contribution in [-0.2, 0) is 27.2 Å². The molecule has 41 heavy (non-hydrogen) atoms. The van der Waals surface area contributed by atoms with Crippen LogP contribution in [0.2, 0.25) is 0 Å². The van der Waals surface area contributed by atoms with E-state index in [2.05, 4.69) is 16.7 Å². The lowest BCUT2D eigenvalue weighted by Gasteiger charge is -2.36. The summed E-state index contributed by atoms with van der Waals surface area (Å²) in [4.78, 5) is 55.4. The molecule has 0 aromatic heterocycles. The predicted molar refractivity (Wildman–Crippen MR) is 151 cm³/mol. The van der Waals surface area contributed by atoms with Crippen molar-refractivity contribution in [3.8, 4) is 5.75 Å². The second-order valence-corrected chi connectivity index (χ2v) is 12.2. The number of likely N-dealkylation sites (N-methyl/N-ethyl adjacent to an activating group) is 1. The fraction of sp³-hybridized carbons (Fsp3) is 0.484. The van der Waals surface area contributed by atoms with E-state index < -0.39 is 47.5 Å². The predicted octanol–water partition coefficient (Wildman–Crippen LogP) is 3.29. The first-order valence-corrected chi connectivity index (χ1v) is 14.2. The molecule has 218 valence electrons. The van der Waals surface area contributed by atoms with Crippen LogP contribution in [0, 0.1) is 5.41 Å². The van der Waals surface area contributed by atoms with E-state index >= 15 is 0 Å². The maximum absolute atomic E-state index is 14.3. The topological polar surface area (TPSA) is 139 Å². The maximum Gasteiger partial charge on any atom is 0.407 e. The average Bonchev–Trinajstić information content (AvgIpc) is 3.17. The zero-order chi connectivity index (χ0) is 29.6. The van der Waals surface area contributed by atoms with Gasteiger partial charge in [0.15, 0.2) is 0 Å². The minimum atomic E-state index is -1.26. The number of fused-ring (bicyclic) bond motifs is 4. The smallest absolute Gasteiger partial charge is 0.407 e. The number of hydrogen-bond acceptors (Lipinski definition) is 5. The van der Waals surface area contributed by atoms with Crippen molar-refractivity contribution in [3.63, 3.8) is 0 Å². The van der Waals surface area contributed by atoms with E-state index in [1.165, 1.54) is 19.5 Å². The first kappa shape index (κ1) is 28.4. The number of carbonyl (C=O) groups excluding carboxylic acids is 3. The van der Waals surface area contributed by atoms with Crippen LogP contribution in [0.15, 0.2) is 42.5 Å². The van der Waals surface area contributed by atoms with E-state index in [0.29, 0.717) is 6.42 Å². The second-order valence-electron chi connectivity index (χ2n) is 12.2. The highest BCUT2D eigenvalue weighted by molar-refractivity contribution is 5.95. The SMILES string of the molecule is C[C@@H](C(=O)N[C@H]1Cc2ccc(O)cc2[C@H]2CC(C)(C)C(C(=O)N[C@@H]3CCCc4ccccc43)N2C1=O)N(C)C(=O)O. The molecule has 1 saturated heterocycles. The summed E-state index contributed by atoms with van der Waals surface area (Å²) in [5.74, 6) is -1.20. The average molecular weight is 563 g/mol. The van der Waals surface area contributed by atoms with Crippen LogP contribution in [0.4, 0.5) is 4.79 Å². The monoisotopic (exact) mass is 562 g/mol. The van der Waals surface area contributed by atoms with Crippen LogP contribution >= 0.6 is 0 Å². The van der Waals surface area contributed by atoms with E-state index in [-0.39, 0.29) is 24.1 Å². The maximum atomic E-state index is 14.3. The van der Waals surface area contributed by atoms with Gasteiger partial charge in [-0.05, 0) is 72.4 Å². The van der Waals surface area contributed by atoms with Crippen LogP contribution in [-0.4, -0.2) is 69.0 Å². The number of hydrogen-bond donors (Lipinski definition) is 4. The Labute approximate surface area is 239 Å². The molecule has 3 aliphatic rings. The van der Waals surface area contributed by atoms with Crippen molar-refractivity contribution in [2.24, 2.45) is 5.41 Å². The summed E-state index contributed by atoms with van der Waals surface area (Å²) in [5, 5.41) is 25.7. The third kappa shape index (κ3) is 5.23. The summed E-state index contributed by atoms with van der Waals surface area (Å²) in [6, 6.07) is 9.52. The second kappa shape index (κ2) is 10.7. The van der Waals surface area contributed by atoms with Gasteiger partial charge in [0, 0.05) is 13.5 Å². The highest BCUT2D eigenvalue weighted by Crippen LogP contribution is 2.50. The molecule has 1 unspecified atom stereocenters. The Morgan fingerprint density at radius 1 is 1.05 bits per heavy atom. The summed E-state index contributed by atoms with van der Waals surface area (Å²) < 4.78 is 0. The molecule has 10 nitrogen and oxygen atoms in total. The molecule has 10 heteroatoms. The zero-order valence-electron chi connectivity index (χ0n) is 23.9. The van der Waals surface area contributed by atoms with Crippen LogP contribution < -0.4 is 10.6 Å². The number of benzene rings is 2. The summed E-state index contributed by atoms with van der Waals surface area (Å²) in [7, 11) is 1.29. The molecule has 1 fully saturated rings. The molecular formula is C31H38N4O6. The lowest BCUT2D eigenvalue weighted by molar-refractivity contribution is -0.145. The van der Waals surface area contributed by atoms with Crippen LogP contribution in [0.5, 0.6) is 5.75 Å². The molecule has 2 aliphatic heterocycles. The van der Waals surface area contributed by atoms with E-state index in [9.17, 15) is 29.4 Å². The molecule has 0 spiro atoms. The third-order valence-corrected chi connectivity index (χ3v) is 9.05. The Kier molecular flexibility index (Phi) is 7.44. The number of carboxylic acid groups (broad SMARTS) is 1. The van der Waals surface area contributed by atoms with Gasteiger partial charge in [-0.25, -0.2) is 4.79 Å². The van der Waals surface area contributed by atoms with Crippen molar-refractivity contribution >= 4 is 23.8 Å². The van der Waals surface area contributed by atoms with E-state index in [1.54, 1.807) is 23.1 Å². The molecule has 2 aromatic rings. The van der Waals surface area contributed by atoms with Gasteiger partial charge < -0.3 is 25.7 Å². The first-order chi connectivity index (χ1) is 19.4. The Morgan fingerprint density at radius 3 is 2.51 bits per heavy atom. The Morgan fingerprint density at radius 2 is 1.78 bits per heavy atom. The van der Waals surface area contributed by atoms with Crippen LogP contribution in [0.3, 0.4) is 0 Å². The quantitative estimate of drug-likeness (QED) is 0.441. The van der Waals surface area contributed by atoms with E-state index in [1.807, 2.05) is 32.0 Å². The standard InChI is InChI=1S/C31H38N4O6/c1-17(34(4)30(40)41)27(37)33-24-14-19-12-13-20(36)15-22(19)25-16-31(2,3)26(35(25)29(24)39)28(38)32-23-11-7-9-18-8-5-6-10-21(18)23/h5-6,8,10,12-13,15,17,23-26,36H,7,9,11,14,16H2,1-4H3,(H,32,38)(H,33,37)(H,40,41)/t17-,23+,24-,25+,26?/m0/s1. The molecule has 0 bridgehead atoms. The molecule has 1 aliphatic carbocycles. The summed E-state index contributed by atoms with van der Waals surface area (Å²) in [6.07, 6.45) is 2.10. The van der Waals surface area contributed by atoms with Gasteiger partial charge in [0.05, 0.1) is 12.1 Å². The molecule has 2 aromatic carbocycles. The van der Waals surface area contributed by atoms with Crippen LogP contribution in [0.1, 0.15) is 74.4 Å². The van der Waals surface area contributed by atoms with Gasteiger partial charge in [-0.1, -0.05) is 44.2 Å². The van der Waals surface area contributed by atoms with Crippen LogP contribution in [0.25, 0.3) is 0 Å². The number of rotatable bonds is 5. The molecule has 0 radical (unpaired) electrons. The number of nitrogens with one attached hydrogen (secondary N) is 2. The lowest BCUT2D eigenvalue weighted by Crippen LogP contribution is -2.58. The minimum Gasteiger partial charge on any atom is -0.508 e. The van der Waals surface area contributed by atoms with Gasteiger partial charge >= 0.3 is 6.09 Å². The molecule has 2 heterocycles. The highest BCUT2D eigenvalue weighted by atomic mass is 16.4. The highest BCUT2D eigenvalue weighted by Gasteiger charge is 2.55. The lowest BCUT2D eigenvalue weighted by atomic mass is 9.81. The third-order valence-electron chi connectivity index (χ3n) is 9.05.